The molecule has 0 aliphatic rings. The Hall–Kier alpha value is 0.802. The molecule has 1 heterocycles. The van der Waals surface area contributed by atoms with Crippen LogP contribution >= 0.6 is 0 Å². The second-order valence-corrected chi connectivity index (χ2v) is 32.7. The molecule has 9 heteroatoms. The van der Waals surface area contributed by atoms with E-state index < -0.39 is 32.9 Å². The topological polar surface area (TPSA) is 54.7 Å². The summed E-state index contributed by atoms with van der Waals surface area (Å²) in [6.07, 6.45) is 1.85. The molecule has 1 aromatic carbocycles. The first kappa shape index (κ1) is 37.0. The van der Waals surface area contributed by atoms with Crippen molar-refractivity contribution in [3.63, 3.8) is 0 Å². The van der Waals surface area contributed by atoms with Gasteiger partial charge in [0.2, 0.25) is 0 Å². The van der Waals surface area contributed by atoms with Crippen LogP contribution in [0.15, 0.2) is 35.3 Å². The molecule has 0 saturated heterocycles. The molecule has 2 rings (SSSR count). The summed E-state index contributed by atoms with van der Waals surface area (Å²) in [5, 5.41) is 1.17. The van der Waals surface area contributed by atoms with Crippen LogP contribution < -0.4 is 4.98 Å². The third-order valence-electron chi connectivity index (χ3n) is 3.42. The maximum Gasteiger partial charge on any atom is 3.00 e. The number of aromatic nitrogens is 1. The van der Waals surface area contributed by atoms with Gasteiger partial charge < -0.3 is 14.3 Å². The molecule has 194 valence electrons. The van der Waals surface area contributed by atoms with E-state index in [-0.39, 0.29) is 54.9 Å². The van der Waals surface area contributed by atoms with Crippen molar-refractivity contribution in [2.75, 3.05) is 0 Å². The monoisotopic (exact) mass is 672 g/mol. The smallest absolute Gasteiger partial charge is 0.668 e. The number of aliphatic imine (C=N–C) groups is 1. The predicted molar refractivity (Wildman–Crippen MR) is 165 cm³/mol. The van der Waals surface area contributed by atoms with Crippen LogP contribution in [0.5, 0.6) is 0 Å². The van der Waals surface area contributed by atoms with Crippen molar-refractivity contribution in [2.24, 2.45) is 4.99 Å². The molecule has 0 fully saturated rings. The maximum atomic E-state index is 4.82. The molecule has 0 bridgehead atoms. The Bertz CT molecular complexity index is 779. The van der Waals surface area contributed by atoms with Crippen molar-refractivity contribution in [2.45, 2.75) is 105 Å². The molecule has 0 spiro atoms. The maximum absolute atomic E-state index is 4.82. The van der Waals surface area contributed by atoms with E-state index in [2.05, 4.69) is 121 Å². The van der Waals surface area contributed by atoms with Gasteiger partial charge in [0.05, 0.1) is 5.54 Å². The quantitative estimate of drug-likeness (QED) is 0.231. The number of nitrogens with zero attached hydrogens (tertiary/aromatic N) is 4. The molecule has 0 amide bonds. The van der Waals surface area contributed by atoms with E-state index in [1.807, 2.05) is 24.4 Å². The molecule has 0 radical (unpaired) electrons. The third kappa shape index (κ3) is 23.2. The molecule has 0 aliphatic carbocycles. The minimum atomic E-state index is -1.11. The van der Waals surface area contributed by atoms with Crippen LogP contribution in [0.4, 0.5) is 0 Å². The molecule has 0 saturated carbocycles. The van der Waals surface area contributed by atoms with Crippen LogP contribution in [0, 0.1) is 49.4 Å². The zero-order chi connectivity index (χ0) is 26.3. The fourth-order valence-electron chi connectivity index (χ4n) is 3.38. The summed E-state index contributed by atoms with van der Waals surface area (Å²) in [6.45, 7) is 33.8. The molecule has 1 aromatic heterocycles. The van der Waals surface area contributed by atoms with Crippen LogP contribution in [0.2, 0.25) is 78.6 Å². The van der Waals surface area contributed by atoms with E-state index >= 15 is 0 Å². The Morgan fingerprint density at radius 1 is 0.706 bits per heavy atom. The standard InChI is InChI=1S/C13H15N2.2C6H18NSi2.Eu/c1-13(2,3)14-9-11-8-10-6-4-5-7-12(10)15-11;2*1-8(2,3)7-9(4,5)6;/h4-9H,1-3H3;2*1-6H3;/q3*-1;+3. The van der Waals surface area contributed by atoms with Gasteiger partial charge >= 0.3 is 49.4 Å². The van der Waals surface area contributed by atoms with E-state index in [0.29, 0.717) is 0 Å². The van der Waals surface area contributed by atoms with Crippen LogP contribution in [-0.2, 0) is 0 Å². The number of para-hydroxylation sites is 1. The largest absolute Gasteiger partial charge is 3.00 e. The Morgan fingerprint density at radius 2 is 1.09 bits per heavy atom. The fraction of sp³-hybridized carbons (Fsp3) is 0.640. The zero-order valence-electron chi connectivity index (χ0n) is 24.6. The number of rotatable bonds is 5. The van der Waals surface area contributed by atoms with Crippen LogP contribution in [0.25, 0.3) is 20.2 Å². The summed E-state index contributed by atoms with van der Waals surface area (Å²) in [5.74, 6) is 0. The first-order valence-electron chi connectivity index (χ1n) is 12.0. The Balaban J connectivity index is 0. The first-order chi connectivity index (χ1) is 14.5. The van der Waals surface area contributed by atoms with E-state index in [1.165, 1.54) is 5.39 Å². The Labute approximate surface area is 256 Å². The normalized spacial score (nSPS) is 13.0. The SMILES string of the molecule is CC(C)(C)N=Cc1cc2ccccc2[n-]1.C[Si](C)(C)[N-][Si](C)(C)C.C[Si](C)(C)[N-][Si](C)(C)C.[Eu+3]. The van der Waals surface area contributed by atoms with Crippen molar-refractivity contribution in [1.82, 2.24) is 4.98 Å². The molecule has 0 atom stereocenters. The third-order valence-corrected chi connectivity index (χ3v) is 14.1. The zero-order valence-corrected chi connectivity index (χ0v) is 31.1. The minimum Gasteiger partial charge on any atom is -0.668 e. The Kier molecular flexibility index (Phi) is 15.9. The van der Waals surface area contributed by atoms with Crippen LogP contribution in [0.1, 0.15) is 26.5 Å². The second-order valence-electron chi connectivity index (χ2n) is 13.6. The predicted octanol–water partition coefficient (Wildman–Crippen LogP) is 9.07. The number of fused-ring (bicyclic) bond motifs is 1. The van der Waals surface area contributed by atoms with Gasteiger partial charge in [-0.3, -0.25) is 4.99 Å². The molecular weight excluding hydrogens is 621 g/mol. The number of benzene rings is 1. The van der Waals surface area contributed by atoms with Gasteiger partial charge in [0.1, 0.15) is 0 Å². The molecule has 34 heavy (non-hydrogen) atoms. The average molecular weight is 672 g/mol. The summed E-state index contributed by atoms with van der Waals surface area (Å²) >= 11 is 0. The van der Waals surface area contributed by atoms with Crippen molar-refractivity contribution in [3.8, 4) is 0 Å². The van der Waals surface area contributed by atoms with Gasteiger partial charge in [-0.1, -0.05) is 142 Å². The second kappa shape index (κ2) is 14.7. The van der Waals surface area contributed by atoms with Crippen molar-refractivity contribution >= 4 is 50.1 Å². The van der Waals surface area contributed by atoms with Gasteiger partial charge in [-0.25, -0.2) is 0 Å². The van der Waals surface area contributed by atoms with Gasteiger partial charge in [0.15, 0.2) is 0 Å². The van der Waals surface area contributed by atoms with Crippen LogP contribution in [-0.4, -0.2) is 44.7 Å². The van der Waals surface area contributed by atoms with Gasteiger partial charge in [0.25, 0.3) is 0 Å². The van der Waals surface area contributed by atoms with Gasteiger partial charge in [-0.2, -0.15) is 0 Å². The molecule has 0 unspecified atom stereocenters. The van der Waals surface area contributed by atoms with Gasteiger partial charge in [-0.15, -0.1) is 11.2 Å². The summed E-state index contributed by atoms with van der Waals surface area (Å²) in [6, 6.07) is 10.2. The first-order valence-corrected chi connectivity index (χ1v) is 25.8. The Morgan fingerprint density at radius 3 is 1.38 bits per heavy atom. The number of hydrogen-bond donors (Lipinski definition) is 0. The summed E-state index contributed by atoms with van der Waals surface area (Å²) in [5.41, 5.74) is 1.93. The van der Waals surface area contributed by atoms with Crippen molar-refractivity contribution in [3.05, 3.63) is 45.3 Å². The van der Waals surface area contributed by atoms with E-state index in [9.17, 15) is 0 Å². The van der Waals surface area contributed by atoms with Crippen molar-refractivity contribution in [1.29, 1.82) is 0 Å². The summed E-state index contributed by atoms with van der Waals surface area (Å²) in [7, 11) is -4.42. The molecule has 2 aromatic rings. The minimum absolute atomic E-state index is 0. The van der Waals surface area contributed by atoms with E-state index in [0.717, 1.165) is 11.2 Å². The summed E-state index contributed by atoms with van der Waals surface area (Å²) < 4.78 is 9.64. The van der Waals surface area contributed by atoms with E-state index in [4.69, 9.17) is 9.30 Å². The number of hydrogen-bond acceptors (Lipinski definition) is 1. The molecule has 0 N–H and O–H groups in total. The fourth-order valence-corrected chi connectivity index (χ4v) is 19.5. The van der Waals surface area contributed by atoms with Gasteiger partial charge in [0, 0.05) is 6.21 Å². The molecule has 0 aliphatic heterocycles. The van der Waals surface area contributed by atoms with E-state index in [1.54, 1.807) is 0 Å². The average Bonchev–Trinajstić information content (AvgIpc) is 2.89. The molecular formula is C25H51EuN4Si4. The molecule has 4 nitrogen and oxygen atoms in total. The van der Waals surface area contributed by atoms with Crippen molar-refractivity contribution < 1.29 is 49.4 Å². The van der Waals surface area contributed by atoms with Crippen LogP contribution in [0.3, 0.4) is 0 Å². The summed E-state index contributed by atoms with van der Waals surface area (Å²) in [4.78, 5) is 8.90. The van der Waals surface area contributed by atoms with Gasteiger partial charge in [-0.05, 0) is 26.2 Å².